The molecule has 1 saturated heterocycles. The van der Waals surface area contributed by atoms with Crippen LogP contribution in [0, 0.1) is 0 Å². The van der Waals surface area contributed by atoms with E-state index in [1.54, 1.807) is 23.3 Å². The van der Waals surface area contributed by atoms with Gasteiger partial charge >= 0.3 is 0 Å². The summed E-state index contributed by atoms with van der Waals surface area (Å²) in [4.78, 5) is 30.2. The molecule has 0 saturated carbocycles. The lowest BCUT2D eigenvalue weighted by molar-refractivity contribution is 0.0609. The standard InChI is InChI=1S/C25H30ClN9O2/c1-17(2)34-16-28-21-22(29-25(26)30-23(21)34)27-15-18-5-3-4-6-20(18)35-8-7-19(31-35)24(37)33-11-9-32(10-12-33)13-14-36/h3-8,16-17,36H,9-15H2,1-2H3,(H,27,29,30). The second-order valence-corrected chi connectivity index (χ2v) is 9.58. The zero-order valence-electron chi connectivity index (χ0n) is 20.9. The van der Waals surface area contributed by atoms with Crippen molar-refractivity contribution in [2.24, 2.45) is 0 Å². The van der Waals surface area contributed by atoms with Gasteiger partial charge in [-0.25, -0.2) is 9.67 Å². The Hall–Kier alpha value is -3.54. The molecule has 11 nitrogen and oxygen atoms in total. The predicted octanol–water partition coefficient (Wildman–Crippen LogP) is 2.61. The molecule has 1 aromatic carbocycles. The van der Waals surface area contributed by atoms with Crippen LogP contribution >= 0.6 is 11.6 Å². The van der Waals surface area contributed by atoms with Crippen LogP contribution in [0.2, 0.25) is 5.28 Å². The number of nitrogens with zero attached hydrogens (tertiary/aromatic N) is 8. The van der Waals surface area contributed by atoms with Crippen LogP contribution in [0.15, 0.2) is 42.9 Å². The Balaban J connectivity index is 1.33. The number of β-amino-alcohol motifs (C(OH)–C–C–N with tert-alkyl or cyclic N) is 1. The summed E-state index contributed by atoms with van der Waals surface area (Å²) >= 11 is 6.22. The first kappa shape index (κ1) is 25.1. The van der Waals surface area contributed by atoms with Crippen molar-refractivity contribution >= 4 is 34.5 Å². The summed E-state index contributed by atoms with van der Waals surface area (Å²) in [6, 6.07) is 9.79. The van der Waals surface area contributed by atoms with Crippen molar-refractivity contribution < 1.29 is 9.90 Å². The Bertz CT molecular complexity index is 1390. The lowest BCUT2D eigenvalue weighted by Gasteiger charge is -2.33. The van der Waals surface area contributed by atoms with Gasteiger partial charge in [-0.1, -0.05) is 18.2 Å². The number of carbonyl (C=O) groups excluding carboxylic acids is 1. The number of amides is 1. The highest BCUT2D eigenvalue weighted by Crippen LogP contribution is 2.24. The number of imidazole rings is 1. The molecular formula is C25H30ClN9O2. The van der Waals surface area contributed by atoms with Crippen molar-refractivity contribution in [3.05, 3.63) is 59.4 Å². The Morgan fingerprint density at radius 3 is 2.68 bits per heavy atom. The smallest absolute Gasteiger partial charge is 0.274 e. The van der Waals surface area contributed by atoms with Gasteiger partial charge in [-0.05, 0) is 43.1 Å². The van der Waals surface area contributed by atoms with Gasteiger partial charge in [-0.3, -0.25) is 9.69 Å². The summed E-state index contributed by atoms with van der Waals surface area (Å²) in [5.74, 6) is 0.470. The number of carbonyl (C=O) groups is 1. The molecule has 0 unspecified atom stereocenters. The van der Waals surface area contributed by atoms with Crippen LogP contribution in [0.5, 0.6) is 0 Å². The molecule has 0 radical (unpaired) electrons. The normalized spacial score (nSPS) is 14.6. The van der Waals surface area contributed by atoms with Crippen LogP contribution in [0.1, 0.15) is 35.9 Å². The van der Waals surface area contributed by atoms with Crippen LogP contribution in [-0.2, 0) is 6.54 Å². The maximum absolute atomic E-state index is 13.0. The molecule has 1 fully saturated rings. The molecule has 0 spiro atoms. The summed E-state index contributed by atoms with van der Waals surface area (Å²) in [6.07, 6.45) is 3.55. The summed E-state index contributed by atoms with van der Waals surface area (Å²) in [5, 5.41) is 17.2. The van der Waals surface area contributed by atoms with Crippen LogP contribution in [0.25, 0.3) is 16.9 Å². The van der Waals surface area contributed by atoms with Crippen molar-refractivity contribution in [3.8, 4) is 5.69 Å². The molecule has 4 aromatic rings. The predicted molar refractivity (Wildman–Crippen MR) is 141 cm³/mol. The highest BCUT2D eigenvalue weighted by molar-refractivity contribution is 6.28. The monoisotopic (exact) mass is 523 g/mol. The number of aromatic nitrogens is 6. The second-order valence-electron chi connectivity index (χ2n) is 9.24. The van der Waals surface area contributed by atoms with Crippen molar-refractivity contribution in [1.82, 2.24) is 39.1 Å². The number of piperazine rings is 1. The van der Waals surface area contributed by atoms with Gasteiger partial charge in [0.25, 0.3) is 5.91 Å². The minimum Gasteiger partial charge on any atom is -0.395 e. The maximum atomic E-state index is 13.0. The van der Waals surface area contributed by atoms with Crippen molar-refractivity contribution in [3.63, 3.8) is 0 Å². The quantitative estimate of drug-likeness (QED) is 0.338. The Kier molecular flexibility index (Phi) is 7.36. The van der Waals surface area contributed by atoms with Crippen LogP contribution in [0.3, 0.4) is 0 Å². The van der Waals surface area contributed by atoms with Gasteiger partial charge in [-0.15, -0.1) is 0 Å². The highest BCUT2D eigenvalue weighted by Gasteiger charge is 2.24. The SMILES string of the molecule is CC(C)n1cnc2c(NCc3ccccc3-n3ccc(C(=O)N4CCN(CCO)CC4)n3)nc(Cl)nc21. The lowest BCUT2D eigenvalue weighted by Crippen LogP contribution is -2.49. The number of fused-ring (bicyclic) bond motifs is 1. The Morgan fingerprint density at radius 1 is 1.14 bits per heavy atom. The van der Waals surface area contributed by atoms with E-state index in [9.17, 15) is 4.79 Å². The Morgan fingerprint density at radius 2 is 1.92 bits per heavy atom. The van der Waals surface area contributed by atoms with E-state index in [1.165, 1.54) is 0 Å². The van der Waals surface area contributed by atoms with E-state index in [-0.39, 0.29) is 23.8 Å². The third-order valence-electron chi connectivity index (χ3n) is 6.52. The average molecular weight is 524 g/mol. The van der Waals surface area contributed by atoms with E-state index < -0.39 is 0 Å². The van der Waals surface area contributed by atoms with Gasteiger partial charge in [0.05, 0.1) is 18.6 Å². The largest absolute Gasteiger partial charge is 0.395 e. The van der Waals surface area contributed by atoms with Gasteiger partial charge in [0.1, 0.15) is 0 Å². The summed E-state index contributed by atoms with van der Waals surface area (Å²) in [5.41, 5.74) is 3.56. The third kappa shape index (κ3) is 5.29. The molecule has 4 heterocycles. The third-order valence-corrected chi connectivity index (χ3v) is 6.69. The molecule has 1 amide bonds. The number of aliphatic hydroxyl groups excluding tert-OH is 1. The van der Waals surface area contributed by atoms with Gasteiger partial charge in [0.15, 0.2) is 22.7 Å². The number of benzene rings is 1. The molecule has 3 aromatic heterocycles. The number of para-hydroxylation sites is 1. The van der Waals surface area contributed by atoms with E-state index in [4.69, 9.17) is 16.7 Å². The summed E-state index contributed by atoms with van der Waals surface area (Å²) in [6.45, 7) is 8.06. The zero-order valence-corrected chi connectivity index (χ0v) is 21.6. The highest BCUT2D eigenvalue weighted by atomic mass is 35.5. The minimum atomic E-state index is -0.0863. The van der Waals surface area contributed by atoms with E-state index in [1.807, 2.05) is 33.7 Å². The fourth-order valence-corrected chi connectivity index (χ4v) is 4.67. The number of halogens is 1. The van der Waals surface area contributed by atoms with Crippen molar-refractivity contribution in [2.45, 2.75) is 26.4 Å². The number of anilines is 1. The van der Waals surface area contributed by atoms with Crippen molar-refractivity contribution in [1.29, 1.82) is 0 Å². The van der Waals surface area contributed by atoms with E-state index >= 15 is 0 Å². The first-order chi connectivity index (χ1) is 17.9. The second kappa shape index (κ2) is 10.8. The number of hydrogen-bond donors (Lipinski definition) is 2. The topological polar surface area (TPSA) is 117 Å². The van der Waals surface area contributed by atoms with Crippen LogP contribution in [-0.4, -0.2) is 89.4 Å². The molecule has 5 rings (SSSR count). The molecule has 0 atom stereocenters. The first-order valence-corrected chi connectivity index (χ1v) is 12.7. The van der Waals surface area contributed by atoms with Crippen molar-refractivity contribution in [2.75, 3.05) is 44.6 Å². The fourth-order valence-electron chi connectivity index (χ4n) is 4.50. The first-order valence-electron chi connectivity index (χ1n) is 12.3. The Labute approximate surface area is 219 Å². The van der Waals surface area contributed by atoms with Gasteiger partial charge in [0, 0.05) is 51.5 Å². The summed E-state index contributed by atoms with van der Waals surface area (Å²) in [7, 11) is 0. The molecule has 0 aliphatic carbocycles. The number of nitrogens with one attached hydrogen (secondary N) is 1. The number of hydrogen-bond acceptors (Lipinski definition) is 8. The molecule has 1 aliphatic rings. The zero-order chi connectivity index (χ0) is 25.9. The molecular weight excluding hydrogens is 494 g/mol. The molecule has 2 N–H and O–H groups in total. The van der Waals surface area contributed by atoms with E-state index in [0.29, 0.717) is 48.9 Å². The number of aliphatic hydroxyl groups is 1. The minimum absolute atomic E-state index is 0.0863. The van der Waals surface area contributed by atoms with Gasteiger partial charge in [-0.2, -0.15) is 15.1 Å². The van der Waals surface area contributed by atoms with Crippen LogP contribution < -0.4 is 5.32 Å². The molecule has 37 heavy (non-hydrogen) atoms. The summed E-state index contributed by atoms with van der Waals surface area (Å²) < 4.78 is 3.68. The molecule has 12 heteroatoms. The van der Waals surface area contributed by atoms with Crippen LogP contribution in [0.4, 0.5) is 5.82 Å². The molecule has 0 bridgehead atoms. The van der Waals surface area contributed by atoms with Gasteiger partial charge in [0.2, 0.25) is 5.28 Å². The van der Waals surface area contributed by atoms with E-state index in [2.05, 4.69) is 44.1 Å². The maximum Gasteiger partial charge on any atom is 0.274 e. The fraction of sp³-hybridized carbons (Fsp3) is 0.400. The van der Waals surface area contributed by atoms with Gasteiger partial charge < -0.3 is 19.9 Å². The molecule has 1 aliphatic heterocycles. The molecule has 194 valence electrons. The van der Waals surface area contributed by atoms with E-state index in [0.717, 1.165) is 24.3 Å². The average Bonchev–Trinajstić information content (AvgIpc) is 3.55. The lowest BCUT2D eigenvalue weighted by atomic mass is 10.2. The number of rotatable bonds is 8.